The molecule has 0 radical (unpaired) electrons. The zero-order valence-corrected chi connectivity index (χ0v) is 18.3. The van der Waals surface area contributed by atoms with Crippen molar-refractivity contribution < 1.29 is 18.7 Å². The van der Waals surface area contributed by atoms with E-state index in [1.807, 2.05) is 30.3 Å². The van der Waals surface area contributed by atoms with E-state index in [9.17, 15) is 10.1 Å². The molecule has 0 saturated carbocycles. The third-order valence-electron chi connectivity index (χ3n) is 4.61. The van der Waals surface area contributed by atoms with Crippen LogP contribution in [0.4, 0.5) is 5.69 Å². The van der Waals surface area contributed by atoms with Crippen LogP contribution in [-0.2, 0) is 4.79 Å². The summed E-state index contributed by atoms with van der Waals surface area (Å²) >= 11 is 6.41. The van der Waals surface area contributed by atoms with Gasteiger partial charge in [0.15, 0.2) is 23.7 Å². The molecule has 1 amide bonds. The zero-order valence-electron chi connectivity index (χ0n) is 17.5. The van der Waals surface area contributed by atoms with Crippen LogP contribution in [0.25, 0.3) is 22.7 Å². The first-order valence-electron chi connectivity index (χ1n) is 9.90. The number of allylic oxidation sites excluding steroid dienone is 1. The molecule has 0 fully saturated rings. The molecule has 1 heterocycles. The molecule has 0 aliphatic rings. The maximum absolute atomic E-state index is 12.2. The van der Waals surface area contributed by atoms with Gasteiger partial charge in [0.1, 0.15) is 17.2 Å². The Morgan fingerprint density at radius 2 is 1.94 bits per heavy atom. The number of para-hydroxylation sites is 3. The van der Waals surface area contributed by atoms with Crippen LogP contribution in [0.3, 0.4) is 0 Å². The van der Waals surface area contributed by atoms with E-state index in [-0.39, 0.29) is 34.8 Å². The number of fused-ring (bicyclic) bond motifs is 1. The van der Waals surface area contributed by atoms with Crippen molar-refractivity contribution in [1.82, 2.24) is 4.98 Å². The molecule has 0 aliphatic heterocycles. The van der Waals surface area contributed by atoms with Gasteiger partial charge in [-0.2, -0.15) is 5.26 Å². The number of nitriles is 1. The summed E-state index contributed by atoms with van der Waals surface area (Å²) in [6.45, 7) is -0.257. The first-order valence-corrected chi connectivity index (χ1v) is 10.3. The standard InChI is InChI=1S/C25H18ClN3O4/c1-31-22-13-16(11-17(14-27)25-29-20-9-5-6-10-21(20)33-25)12-19(26)24(22)32-15-23(30)28-18-7-3-2-4-8-18/h2-13H,15H2,1H3,(H,28,30)/b17-11+. The van der Waals surface area contributed by atoms with Crippen molar-refractivity contribution in [3.63, 3.8) is 0 Å². The van der Waals surface area contributed by atoms with Gasteiger partial charge >= 0.3 is 0 Å². The van der Waals surface area contributed by atoms with Gasteiger partial charge in [0.2, 0.25) is 5.89 Å². The average molecular weight is 460 g/mol. The van der Waals surface area contributed by atoms with Crippen LogP contribution < -0.4 is 14.8 Å². The summed E-state index contributed by atoms with van der Waals surface area (Å²) in [6, 6.07) is 21.6. The fraction of sp³-hybridized carbons (Fsp3) is 0.0800. The van der Waals surface area contributed by atoms with Crippen LogP contribution in [0, 0.1) is 11.3 Å². The number of nitrogens with zero attached hydrogens (tertiary/aromatic N) is 2. The Hall–Kier alpha value is -4.28. The lowest BCUT2D eigenvalue weighted by atomic mass is 10.1. The number of carbonyl (C=O) groups is 1. The highest BCUT2D eigenvalue weighted by molar-refractivity contribution is 6.32. The van der Waals surface area contributed by atoms with Crippen molar-refractivity contribution in [2.75, 3.05) is 19.0 Å². The largest absolute Gasteiger partial charge is 0.493 e. The van der Waals surface area contributed by atoms with E-state index in [4.69, 9.17) is 25.5 Å². The SMILES string of the molecule is COc1cc(/C=C(\C#N)c2nc3ccccc3o2)cc(Cl)c1OCC(=O)Nc1ccccc1. The third-order valence-corrected chi connectivity index (χ3v) is 4.89. The smallest absolute Gasteiger partial charge is 0.262 e. The molecule has 4 aromatic rings. The van der Waals surface area contributed by atoms with Gasteiger partial charge in [-0.1, -0.05) is 41.9 Å². The van der Waals surface area contributed by atoms with Gasteiger partial charge in [0, 0.05) is 5.69 Å². The number of aromatic nitrogens is 1. The Balaban J connectivity index is 1.55. The molecule has 0 spiro atoms. The van der Waals surface area contributed by atoms with Gasteiger partial charge in [-0.05, 0) is 48.0 Å². The molecule has 3 aromatic carbocycles. The van der Waals surface area contributed by atoms with E-state index in [2.05, 4.69) is 16.4 Å². The minimum atomic E-state index is -0.342. The number of anilines is 1. The van der Waals surface area contributed by atoms with E-state index >= 15 is 0 Å². The second kappa shape index (κ2) is 9.90. The molecule has 8 heteroatoms. The van der Waals surface area contributed by atoms with Crippen LogP contribution in [0.1, 0.15) is 11.5 Å². The monoisotopic (exact) mass is 459 g/mol. The number of hydrogen-bond donors (Lipinski definition) is 1. The summed E-state index contributed by atoms with van der Waals surface area (Å²) in [5.41, 5.74) is 2.70. The second-order valence-corrected chi connectivity index (χ2v) is 7.30. The third kappa shape index (κ3) is 5.14. The van der Waals surface area contributed by atoms with Crippen molar-refractivity contribution in [3.8, 4) is 17.6 Å². The zero-order chi connectivity index (χ0) is 23.2. The molecule has 0 saturated heterocycles. The predicted molar refractivity (Wildman–Crippen MR) is 126 cm³/mol. The number of benzene rings is 3. The summed E-state index contributed by atoms with van der Waals surface area (Å²) in [6.07, 6.45) is 1.59. The van der Waals surface area contributed by atoms with Gasteiger partial charge in [0.05, 0.1) is 12.1 Å². The van der Waals surface area contributed by atoms with E-state index < -0.39 is 0 Å². The molecule has 4 rings (SSSR count). The quantitative estimate of drug-likeness (QED) is 0.363. The van der Waals surface area contributed by atoms with E-state index in [1.165, 1.54) is 7.11 Å². The van der Waals surface area contributed by atoms with Gasteiger partial charge in [-0.25, -0.2) is 4.98 Å². The Morgan fingerprint density at radius 3 is 2.67 bits per heavy atom. The molecule has 33 heavy (non-hydrogen) atoms. The molecular weight excluding hydrogens is 442 g/mol. The lowest BCUT2D eigenvalue weighted by molar-refractivity contribution is -0.118. The summed E-state index contributed by atoms with van der Waals surface area (Å²) < 4.78 is 16.7. The Bertz CT molecular complexity index is 1340. The molecule has 0 atom stereocenters. The number of oxazole rings is 1. The number of amides is 1. The second-order valence-electron chi connectivity index (χ2n) is 6.89. The normalized spacial score (nSPS) is 11.1. The number of rotatable bonds is 7. The summed E-state index contributed by atoms with van der Waals surface area (Å²) in [4.78, 5) is 16.6. The van der Waals surface area contributed by atoms with Gasteiger partial charge in [-0.15, -0.1) is 0 Å². The summed E-state index contributed by atoms with van der Waals surface area (Å²) in [5, 5.41) is 12.6. The minimum Gasteiger partial charge on any atom is -0.493 e. The number of methoxy groups -OCH3 is 1. The average Bonchev–Trinajstić information content (AvgIpc) is 3.26. The molecule has 164 valence electrons. The first-order chi connectivity index (χ1) is 16.1. The number of nitrogens with one attached hydrogen (secondary N) is 1. The molecular formula is C25H18ClN3O4. The minimum absolute atomic E-state index is 0.201. The topological polar surface area (TPSA) is 97.4 Å². The highest BCUT2D eigenvalue weighted by Gasteiger charge is 2.16. The number of halogens is 1. The predicted octanol–water partition coefficient (Wildman–Crippen LogP) is 5.57. The van der Waals surface area contributed by atoms with Crippen molar-refractivity contribution >= 4 is 45.9 Å². The molecule has 0 aliphatic carbocycles. The number of hydrogen-bond acceptors (Lipinski definition) is 6. The van der Waals surface area contributed by atoms with Gasteiger partial charge < -0.3 is 19.2 Å². The first kappa shape index (κ1) is 21.9. The highest BCUT2D eigenvalue weighted by Crippen LogP contribution is 2.37. The van der Waals surface area contributed by atoms with Crippen LogP contribution in [0.5, 0.6) is 11.5 Å². The number of ether oxygens (including phenoxy) is 2. The molecule has 7 nitrogen and oxygen atoms in total. The molecule has 1 N–H and O–H groups in total. The Labute approximate surface area is 194 Å². The van der Waals surface area contributed by atoms with Crippen molar-refractivity contribution in [2.45, 2.75) is 0 Å². The fourth-order valence-electron chi connectivity index (χ4n) is 3.12. The summed E-state index contributed by atoms with van der Waals surface area (Å²) in [5.74, 6) is 0.397. The van der Waals surface area contributed by atoms with E-state index in [0.29, 0.717) is 28.1 Å². The Morgan fingerprint density at radius 1 is 1.18 bits per heavy atom. The van der Waals surface area contributed by atoms with Crippen LogP contribution in [0.15, 0.2) is 71.1 Å². The lowest BCUT2D eigenvalue weighted by Crippen LogP contribution is -2.20. The molecule has 0 bridgehead atoms. The van der Waals surface area contributed by atoms with Crippen molar-refractivity contribution in [2.24, 2.45) is 0 Å². The van der Waals surface area contributed by atoms with Gasteiger partial charge in [0.25, 0.3) is 5.91 Å². The summed E-state index contributed by atoms with van der Waals surface area (Å²) in [7, 11) is 1.46. The van der Waals surface area contributed by atoms with E-state index in [1.54, 1.807) is 42.5 Å². The highest BCUT2D eigenvalue weighted by atomic mass is 35.5. The van der Waals surface area contributed by atoms with Crippen LogP contribution in [0.2, 0.25) is 5.02 Å². The van der Waals surface area contributed by atoms with E-state index in [0.717, 1.165) is 0 Å². The van der Waals surface area contributed by atoms with Crippen molar-refractivity contribution in [3.05, 3.63) is 83.2 Å². The van der Waals surface area contributed by atoms with Crippen molar-refractivity contribution in [1.29, 1.82) is 5.26 Å². The fourth-order valence-corrected chi connectivity index (χ4v) is 3.39. The Kier molecular flexibility index (Phi) is 6.58. The maximum Gasteiger partial charge on any atom is 0.262 e. The molecule has 1 aromatic heterocycles. The lowest BCUT2D eigenvalue weighted by Gasteiger charge is -2.13. The maximum atomic E-state index is 12.2. The van der Waals surface area contributed by atoms with Gasteiger partial charge in [-0.3, -0.25) is 4.79 Å². The van der Waals surface area contributed by atoms with Crippen LogP contribution in [-0.4, -0.2) is 24.6 Å². The van der Waals surface area contributed by atoms with Crippen LogP contribution >= 0.6 is 11.6 Å². The number of carbonyl (C=O) groups excluding carboxylic acids is 1. The molecule has 0 unspecified atom stereocenters.